The fourth-order valence-electron chi connectivity index (χ4n) is 2.07. The van der Waals surface area contributed by atoms with Crippen molar-refractivity contribution < 1.29 is 4.92 Å². The number of nitro benzene ring substituents is 1. The molecule has 7 heteroatoms. The number of nitrogens with zero attached hydrogens (tertiary/aromatic N) is 4. The molecule has 1 aromatic carbocycles. The zero-order chi connectivity index (χ0) is 16.3. The first kappa shape index (κ1) is 15.4. The second kappa shape index (κ2) is 6.18. The number of nitro groups is 1. The lowest BCUT2D eigenvalue weighted by molar-refractivity contribution is -0.384. The maximum absolute atomic E-state index is 12.1. The molecule has 0 amide bonds. The third-order valence-corrected chi connectivity index (χ3v) is 3.51. The lowest BCUT2D eigenvalue weighted by Crippen LogP contribution is -2.28. The van der Waals surface area contributed by atoms with Gasteiger partial charge in [-0.1, -0.05) is 12.1 Å². The summed E-state index contributed by atoms with van der Waals surface area (Å²) in [7, 11) is 0. The van der Waals surface area contributed by atoms with Crippen molar-refractivity contribution in [1.82, 2.24) is 9.78 Å². The summed E-state index contributed by atoms with van der Waals surface area (Å²) in [6.45, 7) is 3.76. The molecule has 1 aromatic heterocycles. The van der Waals surface area contributed by atoms with Gasteiger partial charge in [-0.2, -0.15) is 10.4 Å². The average molecular weight is 298 g/mol. The van der Waals surface area contributed by atoms with Crippen molar-refractivity contribution in [2.24, 2.45) is 0 Å². The second-order valence-electron chi connectivity index (χ2n) is 4.90. The van der Waals surface area contributed by atoms with Gasteiger partial charge in [0.2, 0.25) is 0 Å². The number of hydrogen-bond donors (Lipinski definition) is 0. The van der Waals surface area contributed by atoms with Gasteiger partial charge in [-0.05, 0) is 31.4 Å². The summed E-state index contributed by atoms with van der Waals surface area (Å²) < 4.78 is 1.27. The number of aryl methyl sites for hydroxylation is 3. The van der Waals surface area contributed by atoms with E-state index in [-0.39, 0.29) is 11.3 Å². The minimum Gasteiger partial charge on any atom is -0.266 e. The fraction of sp³-hybridized carbons (Fsp3) is 0.267. The Hall–Kier alpha value is -3.01. The molecule has 22 heavy (non-hydrogen) atoms. The molecular formula is C15H14N4O3. The first-order valence-corrected chi connectivity index (χ1v) is 6.65. The van der Waals surface area contributed by atoms with Gasteiger partial charge in [-0.15, -0.1) is 0 Å². The van der Waals surface area contributed by atoms with Crippen LogP contribution in [0.1, 0.15) is 22.4 Å². The van der Waals surface area contributed by atoms with Crippen LogP contribution in [-0.4, -0.2) is 14.7 Å². The van der Waals surface area contributed by atoms with Crippen molar-refractivity contribution in [3.63, 3.8) is 0 Å². The number of nitriles is 1. The van der Waals surface area contributed by atoms with Crippen LogP contribution in [0.25, 0.3) is 0 Å². The molecule has 0 aliphatic heterocycles. The Morgan fingerprint density at radius 1 is 1.32 bits per heavy atom. The van der Waals surface area contributed by atoms with Gasteiger partial charge < -0.3 is 0 Å². The third kappa shape index (κ3) is 3.01. The predicted molar refractivity (Wildman–Crippen MR) is 79.5 cm³/mol. The van der Waals surface area contributed by atoms with E-state index in [1.807, 2.05) is 6.07 Å². The summed E-state index contributed by atoms with van der Waals surface area (Å²) in [6.07, 6.45) is 0.498. The first-order valence-electron chi connectivity index (χ1n) is 6.65. The van der Waals surface area contributed by atoms with Crippen LogP contribution in [0.4, 0.5) is 5.69 Å². The summed E-state index contributed by atoms with van der Waals surface area (Å²) in [5.41, 5.74) is 1.82. The molecule has 0 N–H and O–H groups in total. The lowest BCUT2D eigenvalue weighted by Gasteiger charge is -2.09. The van der Waals surface area contributed by atoms with Crippen LogP contribution >= 0.6 is 0 Å². The third-order valence-electron chi connectivity index (χ3n) is 3.51. The van der Waals surface area contributed by atoms with E-state index in [2.05, 4.69) is 5.10 Å². The summed E-state index contributed by atoms with van der Waals surface area (Å²) in [5.74, 6) is 0. The normalized spacial score (nSPS) is 10.2. The number of aromatic nitrogens is 2. The van der Waals surface area contributed by atoms with E-state index in [4.69, 9.17) is 5.26 Å². The van der Waals surface area contributed by atoms with Crippen molar-refractivity contribution >= 4 is 5.69 Å². The molecule has 0 bridgehead atoms. The van der Waals surface area contributed by atoms with Crippen molar-refractivity contribution in [3.05, 3.63) is 67.1 Å². The minimum atomic E-state index is -0.460. The molecule has 1 heterocycles. The predicted octanol–water partition coefficient (Wildman–Crippen LogP) is 1.88. The van der Waals surface area contributed by atoms with Crippen LogP contribution in [0.3, 0.4) is 0 Å². The highest BCUT2D eigenvalue weighted by molar-refractivity contribution is 5.36. The van der Waals surface area contributed by atoms with Gasteiger partial charge in [-0.3, -0.25) is 14.9 Å². The summed E-state index contributed by atoms with van der Waals surface area (Å²) in [6, 6.07) is 8.06. The quantitative estimate of drug-likeness (QED) is 0.633. The van der Waals surface area contributed by atoms with Gasteiger partial charge in [-0.25, -0.2) is 4.68 Å². The van der Waals surface area contributed by atoms with E-state index in [1.54, 1.807) is 26.0 Å². The van der Waals surface area contributed by atoms with E-state index in [9.17, 15) is 14.9 Å². The Labute approximate surface area is 126 Å². The molecule has 0 unspecified atom stereocenters. The van der Waals surface area contributed by atoms with Gasteiger partial charge in [0.05, 0.1) is 10.6 Å². The SMILES string of the molecule is Cc1nn(CCc2ccc([N+](=O)[O-])cc2)c(=O)c(C#N)c1C. The standard InChI is InChI=1S/C15H14N4O3/c1-10-11(2)17-18(15(20)14(10)9-16)8-7-12-3-5-13(6-4-12)19(21)22/h3-6H,7-8H2,1-2H3. The Kier molecular flexibility index (Phi) is 4.32. The monoisotopic (exact) mass is 298 g/mol. The van der Waals surface area contributed by atoms with Gasteiger partial charge >= 0.3 is 0 Å². The minimum absolute atomic E-state index is 0.0250. The van der Waals surface area contributed by atoms with E-state index < -0.39 is 10.5 Å². The molecule has 112 valence electrons. The van der Waals surface area contributed by atoms with Crippen molar-refractivity contribution in [3.8, 4) is 6.07 Å². The Bertz CT molecular complexity index is 816. The summed E-state index contributed by atoms with van der Waals surface area (Å²) >= 11 is 0. The number of hydrogen-bond acceptors (Lipinski definition) is 5. The lowest BCUT2D eigenvalue weighted by atomic mass is 10.1. The topological polar surface area (TPSA) is 102 Å². The molecule has 2 aromatic rings. The van der Waals surface area contributed by atoms with E-state index in [1.165, 1.54) is 16.8 Å². The molecule has 0 aliphatic rings. The second-order valence-corrected chi connectivity index (χ2v) is 4.90. The molecule has 0 saturated carbocycles. The number of non-ortho nitro benzene ring substituents is 1. The molecule has 0 spiro atoms. The van der Waals surface area contributed by atoms with Crippen LogP contribution in [0.15, 0.2) is 29.1 Å². The van der Waals surface area contributed by atoms with Gasteiger partial charge in [0.1, 0.15) is 11.6 Å². The molecule has 0 radical (unpaired) electrons. The molecular weight excluding hydrogens is 284 g/mol. The van der Waals surface area contributed by atoms with Gasteiger partial charge in [0, 0.05) is 18.7 Å². The number of benzene rings is 1. The molecule has 0 fully saturated rings. The maximum Gasteiger partial charge on any atom is 0.284 e. The highest BCUT2D eigenvalue weighted by Crippen LogP contribution is 2.12. The molecule has 0 aliphatic carbocycles. The highest BCUT2D eigenvalue weighted by Gasteiger charge is 2.11. The van der Waals surface area contributed by atoms with Crippen molar-refractivity contribution in [1.29, 1.82) is 5.26 Å². The molecule has 7 nitrogen and oxygen atoms in total. The van der Waals surface area contributed by atoms with Crippen LogP contribution in [-0.2, 0) is 13.0 Å². The van der Waals surface area contributed by atoms with Crippen molar-refractivity contribution in [2.45, 2.75) is 26.8 Å². The van der Waals surface area contributed by atoms with Crippen LogP contribution in [0.2, 0.25) is 0 Å². The van der Waals surface area contributed by atoms with E-state index >= 15 is 0 Å². The van der Waals surface area contributed by atoms with E-state index in [0.29, 0.717) is 24.2 Å². The van der Waals surface area contributed by atoms with Gasteiger partial charge in [0.25, 0.3) is 11.2 Å². The first-order chi connectivity index (χ1) is 10.4. The van der Waals surface area contributed by atoms with Crippen LogP contribution in [0, 0.1) is 35.3 Å². The van der Waals surface area contributed by atoms with Gasteiger partial charge in [0.15, 0.2) is 0 Å². The zero-order valence-electron chi connectivity index (χ0n) is 12.2. The molecule has 0 atom stereocenters. The average Bonchev–Trinajstić information content (AvgIpc) is 2.50. The Morgan fingerprint density at radius 3 is 2.50 bits per heavy atom. The summed E-state index contributed by atoms with van der Waals surface area (Å²) in [4.78, 5) is 22.3. The largest absolute Gasteiger partial charge is 0.284 e. The summed E-state index contributed by atoms with van der Waals surface area (Å²) in [5, 5.41) is 23.8. The van der Waals surface area contributed by atoms with E-state index in [0.717, 1.165) is 5.56 Å². The fourth-order valence-corrected chi connectivity index (χ4v) is 2.07. The molecule has 0 saturated heterocycles. The van der Waals surface area contributed by atoms with Crippen molar-refractivity contribution in [2.75, 3.05) is 0 Å². The Morgan fingerprint density at radius 2 is 1.95 bits per heavy atom. The van der Waals surface area contributed by atoms with Crippen LogP contribution < -0.4 is 5.56 Å². The maximum atomic E-state index is 12.1. The molecule has 2 rings (SSSR count). The highest BCUT2D eigenvalue weighted by atomic mass is 16.6. The Balaban J connectivity index is 2.22. The smallest absolute Gasteiger partial charge is 0.266 e. The zero-order valence-corrected chi connectivity index (χ0v) is 12.2. The number of rotatable bonds is 4. The van der Waals surface area contributed by atoms with Crippen LogP contribution in [0.5, 0.6) is 0 Å².